The molecule has 0 amide bonds. The number of hydrogen-bond acceptors (Lipinski definition) is 2. The van der Waals surface area contributed by atoms with Crippen LogP contribution in [0.25, 0.3) is 0 Å². The van der Waals surface area contributed by atoms with Crippen LogP contribution in [0, 0.1) is 11.6 Å². The fourth-order valence-corrected chi connectivity index (χ4v) is 1.48. The van der Waals surface area contributed by atoms with Gasteiger partial charge in [-0.1, -0.05) is 6.07 Å². The smallest absolute Gasteiger partial charge is 0.130 e. The van der Waals surface area contributed by atoms with Crippen LogP contribution in [-0.4, -0.2) is 5.54 Å². The van der Waals surface area contributed by atoms with E-state index in [1.165, 1.54) is 12.1 Å². The molecule has 84 valence electrons. The molecule has 0 radical (unpaired) electrons. The van der Waals surface area contributed by atoms with Crippen molar-refractivity contribution >= 4 is 0 Å². The zero-order chi connectivity index (χ0) is 11.6. The molecule has 0 aliphatic carbocycles. The molecule has 1 aromatic carbocycles. The van der Waals surface area contributed by atoms with Gasteiger partial charge in [-0.05, 0) is 26.3 Å². The lowest BCUT2D eigenvalue weighted by Gasteiger charge is -2.23. The zero-order valence-corrected chi connectivity index (χ0v) is 8.93. The summed E-state index contributed by atoms with van der Waals surface area (Å²) < 4.78 is 26.0. The Bertz CT molecular complexity index is 345. The van der Waals surface area contributed by atoms with Crippen molar-refractivity contribution in [1.29, 1.82) is 0 Å². The average Bonchev–Trinajstić information content (AvgIpc) is 1.99. The van der Waals surface area contributed by atoms with Gasteiger partial charge in [-0.15, -0.1) is 0 Å². The predicted octanol–water partition coefficient (Wildman–Crippen LogP) is 2.09. The molecule has 4 heteroatoms. The van der Waals surface area contributed by atoms with E-state index in [9.17, 15) is 8.78 Å². The number of hydrogen-bond donors (Lipinski definition) is 2. The van der Waals surface area contributed by atoms with Crippen LogP contribution in [0.5, 0.6) is 0 Å². The van der Waals surface area contributed by atoms with Gasteiger partial charge in [-0.3, -0.25) is 0 Å². The van der Waals surface area contributed by atoms with Crippen molar-refractivity contribution in [1.82, 2.24) is 0 Å². The number of benzene rings is 1. The third-order valence-electron chi connectivity index (χ3n) is 2.11. The second-order valence-corrected chi connectivity index (χ2v) is 4.47. The molecule has 0 heterocycles. The molecule has 1 aromatic rings. The van der Waals surface area contributed by atoms with Gasteiger partial charge < -0.3 is 11.5 Å². The van der Waals surface area contributed by atoms with E-state index >= 15 is 0 Å². The first-order valence-electron chi connectivity index (χ1n) is 4.79. The monoisotopic (exact) mass is 214 g/mol. The van der Waals surface area contributed by atoms with E-state index < -0.39 is 23.2 Å². The minimum atomic E-state index is -0.619. The molecule has 1 atom stereocenters. The van der Waals surface area contributed by atoms with Crippen LogP contribution in [0.4, 0.5) is 8.78 Å². The molecule has 1 unspecified atom stereocenters. The first-order chi connectivity index (χ1) is 6.79. The minimum Gasteiger partial charge on any atom is -0.325 e. The van der Waals surface area contributed by atoms with E-state index in [0.717, 1.165) is 6.07 Å². The summed E-state index contributed by atoms with van der Waals surface area (Å²) >= 11 is 0. The molecule has 0 bridgehead atoms. The van der Waals surface area contributed by atoms with Crippen molar-refractivity contribution in [3.8, 4) is 0 Å². The molecule has 0 saturated heterocycles. The maximum absolute atomic E-state index is 13.3. The van der Waals surface area contributed by atoms with Crippen molar-refractivity contribution in [3.05, 3.63) is 35.4 Å². The third-order valence-corrected chi connectivity index (χ3v) is 2.11. The van der Waals surface area contributed by atoms with E-state index in [4.69, 9.17) is 11.5 Å². The summed E-state index contributed by atoms with van der Waals surface area (Å²) in [5.41, 5.74) is 11.4. The van der Waals surface area contributed by atoms with Crippen LogP contribution >= 0.6 is 0 Å². The molecule has 0 spiro atoms. The maximum Gasteiger partial charge on any atom is 0.130 e. The Morgan fingerprint density at radius 2 is 1.93 bits per heavy atom. The molecular weight excluding hydrogens is 198 g/mol. The maximum atomic E-state index is 13.3. The topological polar surface area (TPSA) is 52.0 Å². The highest BCUT2D eigenvalue weighted by Gasteiger charge is 2.19. The zero-order valence-electron chi connectivity index (χ0n) is 8.93. The average molecular weight is 214 g/mol. The molecule has 2 nitrogen and oxygen atoms in total. The van der Waals surface area contributed by atoms with Crippen LogP contribution in [0.2, 0.25) is 0 Å². The summed E-state index contributed by atoms with van der Waals surface area (Å²) in [6, 6.07) is 2.88. The fourth-order valence-electron chi connectivity index (χ4n) is 1.48. The van der Waals surface area contributed by atoms with Gasteiger partial charge in [-0.2, -0.15) is 0 Å². The Balaban J connectivity index is 2.87. The van der Waals surface area contributed by atoms with Gasteiger partial charge in [0.2, 0.25) is 0 Å². The van der Waals surface area contributed by atoms with Gasteiger partial charge in [0, 0.05) is 23.2 Å². The Morgan fingerprint density at radius 1 is 1.33 bits per heavy atom. The molecule has 1 rings (SSSR count). The van der Waals surface area contributed by atoms with Gasteiger partial charge in [0.05, 0.1) is 0 Å². The highest BCUT2D eigenvalue weighted by atomic mass is 19.1. The van der Waals surface area contributed by atoms with E-state index in [2.05, 4.69) is 0 Å². The second kappa shape index (κ2) is 4.24. The normalized spacial score (nSPS) is 14.0. The Hall–Kier alpha value is -1.00. The van der Waals surface area contributed by atoms with E-state index in [1.54, 1.807) is 0 Å². The minimum absolute atomic E-state index is 0.301. The second-order valence-electron chi connectivity index (χ2n) is 4.47. The fraction of sp³-hybridized carbons (Fsp3) is 0.455. The Kier molecular flexibility index (Phi) is 3.42. The van der Waals surface area contributed by atoms with Crippen LogP contribution in [0.1, 0.15) is 31.9 Å². The summed E-state index contributed by atoms with van der Waals surface area (Å²) in [5, 5.41) is 0. The third kappa shape index (κ3) is 3.57. The van der Waals surface area contributed by atoms with E-state index in [1.807, 2.05) is 13.8 Å². The van der Waals surface area contributed by atoms with Crippen LogP contribution in [0.15, 0.2) is 18.2 Å². The van der Waals surface area contributed by atoms with Crippen LogP contribution < -0.4 is 11.5 Å². The lowest BCUT2D eigenvalue weighted by atomic mass is 9.92. The van der Waals surface area contributed by atoms with Crippen molar-refractivity contribution in [3.63, 3.8) is 0 Å². The van der Waals surface area contributed by atoms with Crippen LogP contribution in [0.3, 0.4) is 0 Å². The molecule has 0 aliphatic heterocycles. The van der Waals surface area contributed by atoms with Crippen molar-refractivity contribution < 1.29 is 8.78 Å². The number of nitrogens with two attached hydrogens (primary N) is 2. The van der Waals surface area contributed by atoms with Gasteiger partial charge >= 0.3 is 0 Å². The molecule has 0 saturated carbocycles. The van der Waals surface area contributed by atoms with Crippen molar-refractivity contribution in [2.75, 3.05) is 0 Å². The summed E-state index contributed by atoms with van der Waals surface area (Å²) in [4.78, 5) is 0. The van der Waals surface area contributed by atoms with E-state index in [-0.39, 0.29) is 0 Å². The van der Waals surface area contributed by atoms with Gasteiger partial charge in [0.1, 0.15) is 11.6 Å². The summed E-state index contributed by atoms with van der Waals surface area (Å²) in [5.74, 6) is -1.22. The highest BCUT2D eigenvalue weighted by molar-refractivity contribution is 5.22. The van der Waals surface area contributed by atoms with Crippen LogP contribution in [-0.2, 0) is 0 Å². The lowest BCUT2D eigenvalue weighted by Crippen LogP contribution is -2.36. The molecule has 0 fully saturated rings. The number of rotatable bonds is 3. The first kappa shape index (κ1) is 12.1. The summed E-state index contributed by atoms with van der Waals surface area (Å²) in [6.45, 7) is 3.63. The van der Waals surface area contributed by atoms with Gasteiger partial charge in [0.15, 0.2) is 0 Å². The van der Waals surface area contributed by atoms with Gasteiger partial charge in [0.25, 0.3) is 0 Å². The van der Waals surface area contributed by atoms with E-state index in [0.29, 0.717) is 12.0 Å². The van der Waals surface area contributed by atoms with Crippen molar-refractivity contribution in [2.24, 2.45) is 11.5 Å². The predicted molar refractivity (Wildman–Crippen MR) is 56.2 cm³/mol. The Morgan fingerprint density at radius 3 is 2.40 bits per heavy atom. The van der Waals surface area contributed by atoms with Gasteiger partial charge in [-0.25, -0.2) is 8.78 Å². The SMILES string of the molecule is CC(C)(N)CC(N)c1ccc(F)cc1F. The molecular formula is C11H16F2N2. The first-order valence-corrected chi connectivity index (χ1v) is 4.79. The Labute approximate surface area is 88.3 Å². The molecule has 4 N–H and O–H groups in total. The largest absolute Gasteiger partial charge is 0.325 e. The molecule has 15 heavy (non-hydrogen) atoms. The summed E-state index contributed by atoms with van der Waals surface area (Å²) in [7, 11) is 0. The number of halogens is 2. The lowest BCUT2D eigenvalue weighted by molar-refractivity contribution is 0.419. The molecule has 0 aliphatic rings. The standard InChI is InChI=1S/C11H16F2N2/c1-11(2,15)6-10(14)8-4-3-7(12)5-9(8)13/h3-5,10H,6,14-15H2,1-2H3. The summed E-state index contributed by atoms with van der Waals surface area (Å²) in [6.07, 6.45) is 0.440. The highest BCUT2D eigenvalue weighted by Crippen LogP contribution is 2.22. The quantitative estimate of drug-likeness (QED) is 0.809. The van der Waals surface area contributed by atoms with Crippen molar-refractivity contribution in [2.45, 2.75) is 31.8 Å². The molecule has 0 aromatic heterocycles.